The van der Waals surface area contributed by atoms with Crippen molar-refractivity contribution in [1.82, 2.24) is 29.6 Å². The van der Waals surface area contributed by atoms with Crippen molar-refractivity contribution < 1.29 is 41.7 Å². The van der Waals surface area contributed by atoms with Gasteiger partial charge in [-0.05, 0) is 54.8 Å². The molecule has 5 aromatic rings. The maximum Gasteiger partial charge on any atom is 0.338 e. The van der Waals surface area contributed by atoms with Crippen molar-refractivity contribution in [1.29, 1.82) is 0 Å². The first-order valence-electron chi connectivity index (χ1n) is 18.0. The van der Waals surface area contributed by atoms with Crippen LogP contribution in [-0.2, 0) is 42.1 Å². The number of amides is 1. The molecular formula is C39H43N7O9S. The molecule has 0 aliphatic carbocycles. The highest BCUT2D eigenvalue weighted by atomic mass is 32.2. The lowest BCUT2D eigenvalue weighted by atomic mass is 10.1. The predicted molar refractivity (Wildman–Crippen MR) is 205 cm³/mol. The summed E-state index contributed by atoms with van der Waals surface area (Å²) in [7, 11) is -2.12. The van der Waals surface area contributed by atoms with Crippen molar-refractivity contribution in [2.75, 3.05) is 24.7 Å². The van der Waals surface area contributed by atoms with E-state index in [1.54, 1.807) is 88.5 Å². The van der Waals surface area contributed by atoms with Gasteiger partial charge in [-0.15, -0.1) is 0 Å². The van der Waals surface area contributed by atoms with Gasteiger partial charge in [0.25, 0.3) is 5.91 Å². The molecule has 1 fully saturated rings. The van der Waals surface area contributed by atoms with E-state index in [9.17, 15) is 22.8 Å². The van der Waals surface area contributed by atoms with Crippen LogP contribution in [0.4, 0.5) is 5.82 Å². The molecule has 4 atom stereocenters. The molecule has 1 aliphatic rings. The van der Waals surface area contributed by atoms with Gasteiger partial charge in [0.2, 0.25) is 10.0 Å². The van der Waals surface area contributed by atoms with Crippen LogP contribution in [0.3, 0.4) is 0 Å². The number of fused-ring (bicyclic) bond motifs is 1. The fourth-order valence-electron chi connectivity index (χ4n) is 6.09. The van der Waals surface area contributed by atoms with Crippen molar-refractivity contribution >= 4 is 44.9 Å². The number of ether oxygens (including phenoxy) is 4. The molecule has 56 heavy (non-hydrogen) atoms. The minimum atomic E-state index is -3.69. The minimum Gasteiger partial charge on any atom is -0.497 e. The molecule has 17 heteroatoms. The highest BCUT2D eigenvalue weighted by Crippen LogP contribution is 2.37. The third kappa shape index (κ3) is 9.47. The molecule has 3 heterocycles. The van der Waals surface area contributed by atoms with E-state index in [1.165, 1.54) is 10.9 Å². The van der Waals surface area contributed by atoms with Crippen LogP contribution in [0.15, 0.2) is 91.3 Å². The average molecular weight is 786 g/mol. The molecule has 1 saturated heterocycles. The normalized spacial score (nSPS) is 18.1. The number of rotatable bonds is 16. The highest BCUT2D eigenvalue weighted by molar-refractivity contribution is 7.89. The van der Waals surface area contributed by atoms with Gasteiger partial charge in [0.1, 0.15) is 11.6 Å². The minimum absolute atomic E-state index is 0.0898. The second-order valence-electron chi connectivity index (χ2n) is 13.3. The molecule has 3 aromatic carbocycles. The van der Waals surface area contributed by atoms with E-state index < -0.39 is 52.4 Å². The first-order chi connectivity index (χ1) is 27.0. The van der Waals surface area contributed by atoms with E-state index in [-0.39, 0.29) is 58.7 Å². The molecule has 0 radical (unpaired) electrons. The fraction of sp³-hybridized carbons (Fsp3) is 0.333. The van der Waals surface area contributed by atoms with Gasteiger partial charge in [0.05, 0.1) is 36.9 Å². The summed E-state index contributed by atoms with van der Waals surface area (Å²) in [6.07, 6.45) is -4.20. The molecule has 3 N–H and O–H groups in total. The molecule has 1 amide bonds. The van der Waals surface area contributed by atoms with Crippen LogP contribution in [0.5, 0.6) is 5.75 Å². The molecule has 2 aromatic heterocycles. The third-order valence-electron chi connectivity index (χ3n) is 8.67. The Kier molecular flexibility index (Phi) is 12.6. The van der Waals surface area contributed by atoms with Crippen molar-refractivity contribution in [3.05, 3.63) is 114 Å². The van der Waals surface area contributed by atoms with Crippen molar-refractivity contribution in [3.8, 4) is 5.75 Å². The van der Waals surface area contributed by atoms with E-state index in [4.69, 9.17) is 18.9 Å². The number of hydrogen-bond acceptors (Lipinski definition) is 13. The number of esters is 2. The van der Waals surface area contributed by atoms with Gasteiger partial charge in [-0.1, -0.05) is 62.4 Å². The number of nitrogens with one attached hydrogen (secondary N) is 3. The number of nitrogens with zero attached hydrogens (tertiary/aromatic N) is 4. The number of aromatic nitrogens is 4. The van der Waals surface area contributed by atoms with Crippen molar-refractivity contribution in [2.45, 2.75) is 58.4 Å². The van der Waals surface area contributed by atoms with Gasteiger partial charge in [-0.2, -0.15) is 0 Å². The molecule has 0 spiro atoms. The van der Waals surface area contributed by atoms with Crippen molar-refractivity contribution in [3.63, 3.8) is 0 Å². The van der Waals surface area contributed by atoms with E-state index in [0.29, 0.717) is 12.3 Å². The molecular weight excluding hydrogens is 743 g/mol. The van der Waals surface area contributed by atoms with Gasteiger partial charge in [-0.3, -0.25) is 9.36 Å². The van der Waals surface area contributed by atoms with E-state index in [1.807, 2.05) is 24.3 Å². The first-order valence-corrected chi connectivity index (χ1v) is 19.6. The number of hydrogen-bond donors (Lipinski definition) is 3. The number of carbonyl (C=O) groups is 3. The smallest absolute Gasteiger partial charge is 0.338 e. The van der Waals surface area contributed by atoms with E-state index >= 15 is 0 Å². The number of benzene rings is 3. The Balaban J connectivity index is 1.43. The second kappa shape index (κ2) is 17.7. The lowest BCUT2D eigenvalue weighted by Crippen LogP contribution is -2.46. The lowest BCUT2D eigenvalue weighted by Gasteiger charge is -2.24. The zero-order valence-electron chi connectivity index (χ0n) is 31.2. The van der Waals surface area contributed by atoms with Crippen LogP contribution in [0.2, 0.25) is 0 Å². The van der Waals surface area contributed by atoms with Gasteiger partial charge >= 0.3 is 11.9 Å². The summed E-state index contributed by atoms with van der Waals surface area (Å²) in [6, 6.07) is 23.8. The largest absolute Gasteiger partial charge is 0.497 e. The maximum atomic E-state index is 13.7. The Morgan fingerprint density at radius 3 is 2.07 bits per heavy atom. The molecule has 0 bridgehead atoms. The summed E-state index contributed by atoms with van der Waals surface area (Å²) < 4.78 is 53.4. The zero-order valence-corrected chi connectivity index (χ0v) is 32.1. The topological polar surface area (TPSA) is 202 Å². The standard InChI is InChI=1S/C39H43N7O9S/c1-5-40-36(47)32-31(54-38(48)26-12-8-6-9-13-26)33(55-39(49)27-14-10-7-11-15-27)37(53-32)46-23-42-30-34(41-20-25-16-18-28(52-4)19-17-25)44-29(45-35(30)46)21-43-56(50,51)22-24(2)3/h6-19,23-24,31-33,37,43H,5,20-22H2,1-4H3,(H,40,47)(H,41,44,45)/t31-,32+,33-,37-/m1/s1. The van der Waals surface area contributed by atoms with Crippen LogP contribution < -0.4 is 20.1 Å². The summed E-state index contributed by atoms with van der Waals surface area (Å²) in [5.74, 6) is -1.33. The number of sulfonamides is 1. The quantitative estimate of drug-likeness (QED) is 0.121. The molecule has 16 nitrogen and oxygen atoms in total. The number of imidazole rings is 1. The zero-order chi connectivity index (χ0) is 39.8. The highest BCUT2D eigenvalue weighted by Gasteiger charge is 2.54. The second-order valence-corrected chi connectivity index (χ2v) is 15.2. The third-order valence-corrected chi connectivity index (χ3v) is 10.4. The Hall–Kier alpha value is -5.91. The lowest BCUT2D eigenvalue weighted by molar-refractivity contribution is -0.137. The van der Waals surface area contributed by atoms with Crippen LogP contribution in [0, 0.1) is 5.92 Å². The molecule has 6 rings (SSSR count). The average Bonchev–Trinajstić information content (AvgIpc) is 3.77. The Bertz CT molecular complexity index is 2250. The number of likely N-dealkylation sites (N-methyl/N-ethyl adjacent to an activating group) is 1. The molecule has 1 aliphatic heterocycles. The SMILES string of the molecule is CCNC(=O)[C@H]1O[C@@H](n2cnc3c(NCc4ccc(OC)cc4)nc(CNS(=O)(=O)CC(C)C)nc32)[C@H](OC(=O)c2ccccc2)[C@@H]1OC(=O)c1ccccc1. The monoisotopic (exact) mass is 785 g/mol. The number of methoxy groups -OCH3 is 1. The summed E-state index contributed by atoms with van der Waals surface area (Å²) >= 11 is 0. The van der Waals surface area contributed by atoms with Gasteiger partial charge in [-0.25, -0.2) is 37.7 Å². The molecule has 0 saturated carbocycles. The van der Waals surface area contributed by atoms with Gasteiger partial charge < -0.3 is 29.6 Å². The summed E-state index contributed by atoms with van der Waals surface area (Å²) in [4.78, 5) is 54.6. The van der Waals surface area contributed by atoms with Crippen molar-refractivity contribution in [2.24, 2.45) is 5.92 Å². The Labute approximate surface area is 324 Å². The van der Waals surface area contributed by atoms with Crippen LogP contribution in [0.1, 0.15) is 59.1 Å². The fourth-order valence-corrected chi connectivity index (χ4v) is 7.43. The summed E-state index contributed by atoms with van der Waals surface area (Å²) in [5, 5.41) is 5.98. The van der Waals surface area contributed by atoms with Crippen LogP contribution in [0.25, 0.3) is 11.2 Å². The summed E-state index contributed by atoms with van der Waals surface area (Å²) in [6.45, 7) is 5.59. The molecule has 294 valence electrons. The van der Waals surface area contributed by atoms with E-state index in [0.717, 1.165) is 5.56 Å². The Morgan fingerprint density at radius 1 is 0.857 bits per heavy atom. The van der Waals surface area contributed by atoms with Gasteiger partial charge in [0, 0.05) is 13.1 Å². The van der Waals surface area contributed by atoms with Crippen LogP contribution in [-0.4, -0.2) is 83.5 Å². The number of carbonyl (C=O) groups excluding carboxylic acids is 3. The predicted octanol–water partition coefficient (Wildman–Crippen LogP) is 4.01. The number of anilines is 1. The van der Waals surface area contributed by atoms with Crippen LogP contribution >= 0.6 is 0 Å². The maximum absolute atomic E-state index is 13.7. The van der Waals surface area contributed by atoms with E-state index in [2.05, 4.69) is 30.3 Å². The molecule has 0 unspecified atom stereocenters. The Morgan fingerprint density at radius 2 is 1.48 bits per heavy atom. The summed E-state index contributed by atoms with van der Waals surface area (Å²) in [5.41, 5.74) is 1.72. The first kappa shape index (κ1) is 39.8. The van der Waals surface area contributed by atoms with Gasteiger partial charge in [0.15, 0.2) is 41.5 Å².